The average molecular weight is 398 g/mol. The topological polar surface area (TPSA) is 94.8 Å². The summed E-state index contributed by atoms with van der Waals surface area (Å²) in [5.41, 5.74) is 3.72. The number of aryl methyl sites for hydroxylation is 2. The Hall–Kier alpha value is -2.84. The monoisotopic (exact) mass is 398 g/mol. The Labute approximate surface area is 169 Å². The zero-order chi connectivity index (χ0) is 20.5. The van der Waals surface area contributed by atoms with Gasteiger partial charge >= 0.3 is 5.97 Å². The number of aliphatic carboxylic acids is 1. The number of benzene rings is 1. The first-order chi connectivity index (χ1) is 14.0. The van der Waals surface area contributed by atoms with Crippen molar-refractivity contribution in [2.45, 2.75) is 26.4 Å². The Morgan fingerprint density at radius 1 is 1.31 bits per heavy atom. The molecule has 1 atom stereocenters. The number of nitrogens with one attached hydrogen (secondary N) is 1. The van der Waals surface area contributed by atoms with Crippen molar-refractivity contribution in [3.63, 3.8) is 0 Å². The summed E-state index contributed by atoms with van der Waals surface area (Å²) in [6.07, 6.45) is 1.80. The summed E-state index contributed by atoms with van der Waals surface area (Å²) in [7, 11) is 1.61. The number of carboxylic acid groups (broad SMARTS) is 1. The van der Waals surface area contributed by atoms with Crippen molar-refractivity contribution in [2.24, 2.45) is 0 Å². The molecule has 0 amide bonds. The summed E-state index contributed by atoms with van der Waals surface area (Å²) < 4.78 is 10.6. The maximum absolute atomic E-state index is 12.2. The maximum Gasteiger partial charge on any atom is 0.325 e. The third kappa shape index (κ3) is 3.73. The van der Waals surface area contributed by atoms with Gasteiger partial charge in [-0.1, -0.05) is 5.16 Å². The number of hydrogen-bond donors (Lipinski definition) is 2. The van der Waals surface area contributed by atoms with Crippen LogP contribution >= 0.6 is 0 Å². The minimum Gasteiger partial charge on any atom is -0.497 e. The number of carboxylic acids is 1. The van der Waals surface area contributed by atoms with Crippen LogP contribution in [0.15, 0.2) is 28.9 Å². The molecule has 1 fully saturated rings. The first-order valence-corrected chi connectivity index (χ1v) is 9.74. The van der Waals surface area contributed by atoms with E-state index in [-0.39, 0.29) is 0 Å². The van der Waals surface area contributed by atoms with Crippen molar-refractivity contribution >= 4 is 16.9 Å². The highest BCUT2D eigenvalue weighted by Gasteiger charge is 2.32. The Morgan fingerprint density at radius 3 is 2.69 bits per heavy atom. The van der Waals surface area contributed by atoms with Gasteiger partial charge in [-0.2, -0.15) is 0 Å². The van der Waals surface area contributed by atoms with E-state index in [9.17, 15) is 9.90 Å². The molecule has 0 aliphatic carbocycles. The molecule has 2 aromatic heterocycles. The predicted molar refractivity (Wildman–Crippen MR) is 108 cm³/mol. The second kappa shape index (κ2) is 7.88. The van der Waals surface area contributed by atoms with Crippen molar-refractivity contribution in [3.8, 4) is 5.75 Å². The number of H-pyrrole nitrogens is 1. The lowest BCUT2D eigenvalue weighted by atomic mass is 10.0. The van der Waals surface area contributed by atoms with Crippen molar-refractivity contribution in [3.05, 3.63) is 47.0 Å². The van der Waals surface area contributed by atoms with Crippen LogP contribution in [0.1, 0.15) is 28.6 Å². The van der Waals surface area contributed by atoms with Gasteiger partial charge in [0.05, 0.1) is 12.8 Å². The molecule has 1 aliphatic heterocycles. The minimum absolute atomic E-state index is 0.678. The fourth-order valence-electron chi connectivity index (χ4n) is 4.09. The van der Waals surface area contributed by atoms with Crippen LogP contribution in [0.2, 0.25) is 0 Å². The van der Waals surface area contributed by atoms with E-state index in [1.54, 1.807) is 13.3 Å². The van der Waals surface area contributed by atoms with E-state index in [0.717, 1.165) is 53.1 Å². The van der Waals surface area contributed by atoms with E-state index in [1.165, 1.54) is 0 Å². The van der Waals surface area contributed by atoms with E-state index < -0.39 is 12.0 Å². The van der Waals surface area contributed by atoms with Gasteiger partial charge in [0, 0.05) is 61.0 Å². The van der Waals surface area contributed by atoms with Crippen molar-refractivity contribution < 1.29 is 19.2 Å². The Balaban J connectivity index is 1.52. The number of fused-ring (bicyclic) bond motifs is 1. The van der Waals surface area contributed by atoms with Crippen LogP contribution < -0.4 is 4.74 Å². The number of methoxy groups -OCH3 is 1. The largest absolute Gasteiger partial charge is 0.497 e. The summed E-state index contributed by atoms with van der Waals surface area (Å²) in [4.78, 5) is 19.7. The molecule has 0 saturated carbocycles. The smallest absolute Gasteiger partial charge is 0.325 e. The van der Waals surface area contributed by atoms with Gasteiger partial charge in [0.1, 0.15) is 17.6 Å². The van der Waals surface area contributed by atoms with E-state index in [1.807, 2.05) is 36.9 Å². The maximum atomic E-state index is 12.2. The molecule has 3 aromatic rings. The highest BCUT2D eigenvalue weighted by Crippen LogP contribution is 2.32. The van der Waals surface area contributed by atoms with Gasteiger partial charge in [-0.15, -0.1) is 0 Å². The van der Waals surface area contributed by atoms with Crippen molar-refractivity contribution in [2.75, 3.05) is 33.3 Å². The molecule has 0 bridgehead atoms. The van der Waals surface area contributed by atoms with Crippen LogP contribution in [0.3, 0.4) is 0 Å². The summed E-state index contributed by atoms with van der Waals surface area (Å²) in [5, 5.41) is 14.9. The number of aromatic nitrogens is 2. The average Bonchev–Trinajstić information content (AvgIpc) is 3.27. The summed E-state index contributed by atoms with van der Waals surface area (Å²) in [6.45, 7) is 7.59. The molecule has 3 heterocycles. The van der Waals surface area contributed by atoms with Gasteiger partial charge in [0.15, 0.2) is 0 Å². The number of ether oxygens (including phenoxy) is 1. The molecular weight excluding hydrogens is 372 g/mol. The Morgan fingerprint density at radius 2 is 2.07 bits per heavy atom. The van der Waals surface area contributed by atoms with E-state index in [0.29, 0.717) is 18.8 Å². The molecule has 1 unspecified atom stereocenters. The summed E-state index contributed by atoms with van der Waals surface area (Å²) in [5.74, 6) is 0.723. The zero-order valence-corrected chi connectivity index (χ0v) is 16.9. The number of nitrogens with zero attached hydrogens (tertiary/aromatic N) is 3. The van der Waals surface area contributed by atoms with Crippen molar-refractivity contribution in [1.29, 1.82) is 0 Å². The van der Waals surface area contributed by atoms with E-state index in [2.05, 4.69) is 15.0 Å². The van der Waals surface area contributed by atoms with Crippen LogP contribution in [-0.2, 0) is 11.3 Å². The minimum atomic E-state index is -0.840. The molecule has 8 nitrogen and oxygen atoms in total. The number of aromatic amines is 1. The lowest BCUT2D eigenvalue weighted by Gasteiger charge is -2.37. The molecule has 1 aliphatic rings. The zero-order valence-electron chi connectivity index (χ0n) is 16.9. The van der Waals surface area contributed by atoms with Gasteiger partial charge in [0.25, 0.3) is 0 Å². The fraction of sp³-hybridized carbons (Fsp3) is 0.429. The van der Waals surface area contributed by atoms with Crippen molar-refractivity contribution in [1.82, 2.24) is 19.9 Å². The lowest BCUT2D eigenvalue weighted by molar-refractivity contribution is -0.144. The highest BCUT2D eigenvalue weighted by atomic mass is 16.5. The molecule has 1 saturated heterocycles. The van der Waals surface area contributed by atoms with Gasteiger partial charge in [-0.05, 0) is 32.0 Å². The summed E-state index contributed by atoms with van der Waals surface area (Å²) in [6, 6.07) is 4.98. The molecule has 29 heavy (non-hydrogen) atoms. The lowest BCUT2D eigenvalue weighted by Crippen LogP contribution is -2.48. The fourth-order valence-corrected chi connectivity index (χ4v) is 4.09. The van der Waals surface area contributed by atoms with Crippen LogP contribution in [0.4, 0.5) is 0 Å². The third-order valence-electron chi connectivity index (χ3n) is 5.78. The quantitative estimate of drug-likeness (QED) is 0.659. The van der Waals surface area contributed by atoms with Crippen LogP contribution in [0.25, 0.3) is 10.9 Å². The van der Waals surface area contributed by atoms with Crippen LogP contribution in [0.5, 0.6) is 5.75 Å². The predicted octanol–water partition coefficient (Wildman–Crippen LogP) is 2.72. The Kier molecular flexibility index (Phi) is 5.29. The van der Waals surface area contributed by atoms with E-state index >= 15 is 0 Å². The Bertz CT molecular complexity index is 998. The molecule has 4 rings (SSSR count). The molecule has 154 valence electrons. The van der Waals surface area contributed by atoms with E-state index in [4.69, 9.17) is 9.26 Å². The molecule has 1 aromatic carbocycles. The second-order valence-corrected chi connectivity index (χ2v) is 7.51. The number of piperazine rings is 1. The van der Waals surface area contributed by atoms with Crippen LogP contribution in [-0.4, -0.2) is 64.3 Å². The SMILES string of the molecule is COc1ccc2[nH]cc(C(C(=O)O)N3CCN(Cc4c(C)noc4C)CC3)c2c1. The van der Waals surface area contributed by atoms with Gasteiger partial charge < -0.3 is 19.4 Å². The normalized spacial score (nSPS) is 16.9. The highest BCUT2D eigenvalue weighted by molar-refractivity contribution is 5.90. The van der Waals surface area contributed by atoms with Gasteiger partial charge in [0.2, 0.25) is 0 Å². The van der Waals surface area contributed by atoms with Crippen LogP contribution in [0, 0.1) is 13.8 Å². The molecule has 2 N–H and O–H groups in total. The number of rotatable bonds is 6. The third-order valence-corrected chi connectivity index (χ3v) is 5.78. The van der Waals surface area contributed by atoms with Gasteiger partial charge in [-0.3, -0.25) is 14.6 Å². The first kappa shape index (κ1) is 19.5. The molecular formula is C21H26N4O4. The standard InChI is InChI=1S/C21H26N4O4/c1-13-18(14(2)29-23-13)12-24-6-8-25(9-7-24)20(21(26)27)17-11-22-19-5-4-15(28-3)10-16(17)19/h4-5,10-11,20,22H,6-9,12H2,1-3H3,(H,26,27). The molecule has 0 spiro atoms. The summed E-state index contributed by atoms with van der Waals surface area (Å²) >= 11 is 0. The first-order valence-electron chi connectivity index (χ1n) is 9.74. The number of hydrogen-bond acceptors (Lipinski definition) is 6. The second-order valence-electron chi connectivity index (χ2n) is 7.51. The number of carbonyl (C=O) groups is 1. The van der Waals surface area contributed by atoms with Gasteiger partial charge in [-0.25, -0.2) is 0 Å². The molecule has 0 radical (unpaired) electrons. The molecule has 8 heteroatoms.